The lowest BCUT2D eigenvalue weighted by Crippen LogP contribution is -2.63. The van der Waals surface area contributed by atoms with Crippen molar-refractivity contribution in [1.82, 2.24) is 14.9 Å². The second-order valence-corrected chi connectivity index (χ2v) is 6.97. The molecule has 1 unspecified atom stereocenters. The number of aryl methyl sites for hydroxylation is 2. The molecule has 0 aliphatic carbocycles. The van der Waals surface area contributed by atoms with Crippen LogP contribution in [0.2, 0.25) is 0 Å². The van der Waals surface area contributed by atoms with Crippen molar-refractivity contribution >= 4 is 28.8 Å². The molecular weight excluding hydrogens is 411 g/mol. The summed E-state index contributed by atoms with van der Waals surface area (Å²) in [6.07, 6.45) is -5.31. The normalized spacial score (nSPS) is 18.4. The quantitative estimate of drug-likeness (QED) is 0.618. The van der Waals surface area contributed by atoms with Crippen LogP contribution in [0.25, 0.3) is 11.0 Å². The van der Waals surface area contributed by atoms with Gasteiger partial charge in [0.05, 0.1) is 11.0 Å². The third-order valence-electron chi connectivity index (χ3n) is 4.99. The Kier molecular flexibility index (Phi) is 4.12. The van der Waals surface area contributed by atoms with Gasteiger partial charge < -0.3 is 5.32 Å². The van der Waals surface area contributed by atoms with Crippen LogP contribution in [-0.2, 0) is 10.5 Å². The molecule has 2 aromatic carbocycles. The minimum Gasteiger partial charge on any atom is -0.313 e. The minimum atomic E-state index is -5.31. The Bertz CT molecular complexity index is 1210. The molecule has 3 aromatic rings. The number of imidazole rings is 1. The van der Waals surface area contributed by atoms with Gasteiger partial charge in [-0.25, -0.2) is 13.8 Å². The van der Waals surface area contributed by atoms with Crippen molar-refractivity contribution < 1.29 is 31.5 Å². The molecule has 0 saturated carbocycles. The molecule has 2 N–H and O–H groups in total. The number of fused-ring (bicyclic) bond motifs is 3. The zero-order valence-corrected chi connectivity index (χ0v) is 15.5. The fourth-order valence-electron chi connectivity index (χ4n) is 3.41. The monoisotopic (exact) mass is 424 g/mol. The van der Waals surface area contributed by atoms with E-state index >= 15 is 0 Å². The van der Waals surface area contributed by atoms with Gasteiger partial charge in [-0.1, -0.05) is 0 Å². The van der Waals surface area contributed by atoms with Crippen LogP contribution in [-0.4, -0.2) is 27.5 Å². The molecule has 1 atom stereocenters. The Morgan fingerprint density at radius 1 is 1.07 bits per heavy atom. The second-order valence-electron chi connectivity index (χ2n) is 6.97. The molecule has 2 amide bonds. The highest BCUT2D eigenvalue weighted by Gasteiger charge is 2.67. The summed E-state index contributed by atoms with van der Waals surface area (Å²) in [6.45, 7) is 3.41. The summed E-state index contributed by atoms with van der Waals surface area (Å²) in [5.74, 6) is -5.81. The zero-order chi connectivity index (χ0) is 22.0. The van der Waals surface area contributed by atoms with Crippen LogP contribution >= 0.6 is 0 Å². The number of anilines is 1. The molecule has 4 rings (SSSR count). The number of nitrogens with one attached hydrogen (secondary N) is 2. The van der Waals surface area contributed by atoms with Crippen LogP contribution in [0.5, 0.6) is 0 Å². The number of rotatable bonds is 2. The number of amides is 2. The Labute approximate surface area is 165 Å². The van der Waals surface area contributed by atoms with E-state index in [1.165, 1.54) is 6.07 Å². The first-order valence-electron chi connectivity index (χ1n) is 8.61. The topological polar surface area (TPSA) is 76.0 Å². The highest BCUT2D eigenvalue weighted by molar-refractivity contribution is 6.07. The maximum Gasteiger partial charge on any atom is 0.440 e. The molecule has 0 saturated heterocycles. The van der Waals surface area contributed by atoms with Gasteiger partial charge in [0.15, 0.2) is 0 Å². The Morgan fingerprint density at radius 3 is 2.27 bits per heavy atom. The first kappa shape index (κ1) is 19.8. The molecule has 1 aliphatic rings. The SMILES string of the molecule is Cc1cc2nc3n(c2cc1C)C(NC(=O)c1cc(F)cc(F)c1)(C(F)(F)F)C(=O)N3. The molecule has 11 heteroatoms. The fraction of sp³-hybridized carbons (Fsp3) is 0.211. The molecule has 1 aromatic heterocycles. The third-order valence-corrected chi connectivity index (χ3v) is 4.99. The van der Waals surface area contributed by atoms with E-state index in [1.807, 2.05) is 5.32 Å². The summed E-state index contributed by atoms with van der Waals surface area (Å²) in [4.78, 5) is 29.1. The summed E-state index contributed by atoms with van der Waals surface area (Å²) < 4.78 is 70.3. The van der Waals surface area contributed by atoms with Crippen LogP contribution in [0.4, 0.5) is 27.9 Å². The standard InChI is InChI=1S/C19H13F5N4O2/c1-8-3-13-14(4-9(8)2)28-17(25-13)26-16(30)18(28,19(22,23)24)27-15(29)10-5-11(20)7-12(21)6-10/h3-7H,1-2H3,(H,27,29)(H,25,26,30). The van der Waals surface area contributed by atoms with Crippen molar-refractivity contribution in [3.8, 4) is 0 Å². The molecule has 0 fully saturated rings. The molecule has 2 heterocycles. The van der Waals surface area contributed by atoms with Gasteiger partial charge in [-0.3, -0.25) is 19.5 Å². The Morgan fingerprint density at radius 2 is 1.67 bits per heavy atom. The number of carbonyl (C=O) groups excluding carboxylic acids is 2. The minimum absolute atomic E-state index is 0.0468. The van der Waals surface area contributed by atoms with Crippen molar-refractivity contribution in [1.29, 1.82) is 0 Å². The van der Waals surface area contributed by atoms with Gasteiger partial charge in [0.1, 0.15) is 11.6 Å². The summed E-state index contributed by atoms with van der Waals surface area (Å²) in [5.41, 5.74) is -2.74. The van der Waals surface area contributed by atoms with Crippen LogP contribution in [0.3, 0.4) is 0 Å². The van der Waals surface area contributed by atoms with E-state index in [9.17, 15) is 31.5 Å². The molecular formula is C19H13F5N4O2. The fourth-order valence-corrected chi connectivity index (χ4v) is 3.41. The largest absolute Gasteiger partial charge is 0.440 e. The van der Waals surface area contributed by atoms with E-state index in [-0.39, 0.29) is 11.0 Å². The van der Waals surface area contributed by atoms with E-state index in [2.05, 4.69) is 4.98 Å². The van der Waals surface area contributed by atoms with E-state index < -0.39 is 46.8 Å². The molecule has 0 bridgehead atoms. The first-order chi connectivity index (χ1) is 13.9. The maximum absolute atomic E-state index is 14.3. The summed E-state index contributed by atoms with van der Waals surface area (Å²) in [6, 6.07) is 4.56. The highest BCUT2D eigenvalue weighted by Crippen LogP contribution is 2.44. The predicted octanol–water partition coefficient (Wildman–Crippen LogP) is 3.53. The van der Waals surface area contributed by atoms with Crippen molar-refractivity contribution in [3.63, 3.8) is 0 Å². The molecule has 0 spiro atoms. The summed E-state index contributed by atoms with van der Waals surface area (Å²) in [7, 11) is 0. The first-order valence-corrected chi connectivity index (χ1v) is 8.61. The van der Waals surface area contributed by atoms with E-state index in [0.717, 1.165) is 5.56 Å². The van der Waals surface area contributed by atoms with Gasteiger partial charge in [-0.2, -0.15) is 13.2 Å². The van der Waals surface area contributed by atoms with Gasteiger partial charge in [0.25, 0.3) is 17.5 Å². The van der Waals surface area contributed by atoms with Crippen LogP contribution in [0, 0.1) is 25.5 Å². The average molecular weight is 424 g/mol. The number of hydrogen-bond donors (Lipinski definition) is 2. The van der Waals surface area contributed by atoms with E-state index in [1.54, 1.807) is 25.2 Å². The maximum atomic E-state index is 14.3. The number of benzene rings is 2. The van der Waals surface area contributed by atoms with Gasteiger partial charge in [0, 0.05) is 11.6 Å². The lowest BCUT2D eigenvalue weighted by Gasteiger charge is -2.32. The van der Waals surface area contributed by atoms with Crippen molar-refractivity contribution in [2.24, 2.45) is 0 Å². The number of alkyl halides is 3. The van der Waals surface area contributed by atoms with Gasteiger partial charge in [-0.05, 0) is 49.2 Å². The number of aromatic nitrogens is 2. The van der Waals surface area contributed by atoms with Crippen LogP contribution in [0.15, 0.2) is 30.3 Å². The van der Waals surface area contributed by atoms with E-state index in [4.69, 9.17) is 0 Å². The highest BCUT2D eigenvalue weighted by atomic mass is 19.4. The van der Waals surface area contributed by atoms with Crippen molar-refractivity contribution in [2.45, 2.75) is 25.7 Å². The van der Waals surface area contributed by atoms with Gasteiger partial charge in [-0.15, -0.1) is 0 Å². The Hall–Kier alpha value is -3.50. The molecule has 156 valence electrons. The number of halogens is 5. The third kappa shape index (κ3) is 2.72. The van der Waals surface area contributed by atoms with Crippen LogP contribution < -0.4 is 10.6 Å². The van der Waals surface area contributed by atoms with E-state index in [0.29, 0.717) is 28.3 Å². The molecule has 1 aliphatic heterocycles. The molecule has 6 nitrogen and oxygen atoms in total. The number of hydrogen-bond acceptors (Lipinski definition) is 3. The lowest BCUT2D eigenvalue weighted by molar-refractivity contribution is -0.213. The number of nitrogens with zero attached hydrogens (tertiary/aromatic N) is 2. The average Bonchev–Trinajstić information content (AvgIpc) is 3.08. The zero-order valence-electron chi connectivity index (χ0n) is 15.5. The van der Waals surface area contributed by atoms with Crippen LogP contribution in [0.1, 0.15) is 21.5 Å². The van der Waals surface area contributed by atoms with Gasteiger partial charge in [0.2, 0.25) is 5.95 Å². The molecule has 0 radical (unpaired) electrons. The second kappa shape index (κ2) is 6.25. The lowest BCUT2D eigenvalue weighted by atomic mass is 10.1. The predicted molar refractivity (Wildman–Crippen MR) is 95.7 cm³/mol. The van der Waals surface area contributed by atoms with Gasteiger partial charge >= 0.3 is 6.18 Å². The van der Waals surface area contributed by atoms with Crippen molar-refractivity contribution in [2.75, 3.05) is 5.32 Å². The van der Waals surface area contributed by atoms with Crippen molar-refractivity contribution in [3.05, 3.63) is 58.7 Å². The Balaban J connectivity index is 1.93. The smallest absolute Gasteiger partial charge is 0.313 e. The summed E-state index contributed by atoms with van der Waals surface area (Å²) >= 11 is 0. The summed E-state index contributed by atoms with van der Waals surface area (Å²) in [5, 5.41) is 3.67. The molecule has 30 heavy (non-hydrogen) atoms. The number of carbonyl (C=O) groups is 2.